The molecule has 0 aliphatic rings. The smallest absolute Gasteiger partial charge is 0.265 e. The highest BCUT2D eigenvalue weighted by Gasteiger charge is 2.18. The molecule has 21 heavy (non-hydrogen) atoms. The zero-order valence-corrected chi connectivity index (χ0v) is 12.4. The molecule has 0 bridgehead atoms. The minimum atomic E-state index is -3.85. The van der Waals surface area contributed by atoms with Gasteiger partial charge in [-0.15, -0.1) is 0 Å². The maximum absolute atomic E-state index is 12.1. The Kier molecular flexibility index (Phi) is 4.59. The van der Waals surface area contributed by atoms with Gasteiger partial charge in [-0.05, 0) is 37.3 Å². The molecule has 2 aromatic rings. The molecule has 0 unspecified atom stereocenters. The van der Waals surface area contributed by atoms with E-state index in [1.54, 1.807) is 36.4 Å². The first-order valence-corrected chi connectivity index (χ1v) is 7.97. The zero-order chi connectivity index (χ0) is 15.3. The Morgan fingerprint density at radius 3 is 2.43 bits per heavy atom. The highest BCUT2D eigenvalue weighted by atomic mass is 32.2. The number of amides is 1. The fraction of sp³-hybridized carbons (Fsp3) is 0.133. The fourth-order valence-electron chi connectivity index (χ4n) is 1.81. The second kappa shape index (κ2) is 6.41. The molecule has 110 valence electrons. The largest absolute Gasteiger partial charge is 0.385 e. The lowest BCUT2D eigenvalue weighted by atomic mass is 10.2. The van der Waals surface area contributed by atoms with E-state index >= 15 is 0 Å². The van der Waals surface area contributed by atoms with Crippen molar-refractivity contribution < 1.29 is 13.2 Å². The van der Waals surface area contributed by atoms with Gasteiger partial charge in [-0.25, -0.2) is 13.1 Å². The number of sulfonamides is 1. The number of anilines is 1. The highest BCUT2D eigenvalue weighted by Crippen LogP contribution is 2.12. The number of hydrogen-bond acceptors (Lipinski definition) is 4. The van der Waals surface area contributed by atoms with Crippen LogP contribution in [-0.2, 0) is 10.0 Å². The Balaban J connectivity index is 2.20. The Bertz CT molecular complexity index is 728. The van der Waals surface area contributed by atoms with Gasteiger partial charge in [0.05, 0.1) is 4.90 Å². The standard InChI is InChI=1S/C15H16N2O3S/c1-2-16-13-8-6-7-12(11-13)15(18)17-21(19,20)14-9-4-3-5-10-14/h3-11,16H,2H2,1H3,(H,17,18). The molecule has 0 aliphatic heterocycles. The van der Waals surface area contributed by atoms with Crippen LogP contribution in [-0.4, -0.2) is 20.9 Å². The average Bonchev–Trinajstić information content (AvgIpc) is 2.48. The molecule has 2 aromatic carbocycles. The molecule has 2 N–H and O–H groups in total. The predicted molar refractivity (Wildman–Crippen MR) is 81.7 cm³/mol. The van der Waals surface area contributed by atoms with Crippen molar-refractivity contribution in [3.8, 4) is 0 Å². The lowest BCUT2D eigenvalue weighted by Gasteiger charge is -2.08. The summed E-state index contributed by atoms with van der Waals surface area (Å²) < 4.78 is 26.2. The van der Waals surface area contributed by atoms with Gasteiger partial charge in [-0.1, -0.05) is 24.3 Å². The van der Waals surface area contributed by atoms with Gasteiger partial charge in [0, 0.05) is 17.8 Å². The van der Waals surface area contributed by atoms with Crippen LogP contribution in [0.5, 0.6) is 0 Å². The summed E-state index contributed by atoms with van der Waals surface area (Å²) in [6, 6.07) is 14.5. The van der Waals surface area contributed by atoms with E-state index in [-0.39, 0.29) is 10.5 Å². The van der Waals surface area contributed by atoms with Gasteiger partial charge >= 0.3 is 0 Å². The number of hydrogen-bond donors (Lipinski definition) is 2. The van der Waals surface area contributed by atoms with E-state index in [0.29, 0.717) is 6.54 Å². The molecule has 5 nitrogen and oxygen atoms in total. The van der Waals surface area contributed by atoms with Crippen molar-refractivity contribution in [3.63, 3.8) is 0 Å². The third-order valence-electron chi connectivity index (χ3n) is 2.79. The van der Waals surface area contributed by atoms with Crippen molar-refractivity contribution >= 4 is 21.6 Å². The van der Waals surface area contributed by atoms with Crippen molar-refractivity contribution in [3.05, 3.63) is 60.2 Å². The summed E-state index contributed by atoms with van der Waals surface area (Å²) in [5.74, 6) is -0.654. The molecule has 0 aliphatic carbocycles. The van der Waals surface area contributed by atoms with Crippen LogP contribution in [0.2, 0.25) is 0 Å². The number of benzene rings is 2. The molecule has 0 atom stereocenters. The third kappa shape index (κ3) is 3.82. The SMILES string of the molecule is CCNc1cccc(C(=O)NS(=O)(=O)c2ccccc2)c1. The quantitative estimate of drug-likeness (QED) is 0.888. The van der Waals surface area contributed by atoms with Crippen LogP contribution < -0.4 is 10.0 Å². The van der Waals surface area contributed by atoms with Crippen molar-refractivity contribution in [2.45, 2.75) is 11.8 Å². The van der Waals surface area contributed by atoms with E-state index in [0.717, 1.165) is 5.69 Å². The van der Waals surface area contributed by atoms with E-state index in [2.05, 4.69) is 10.0 Å². The molecule has 0 spiro atoms. The van der Waals surface area contributed by atoms with Gasteiger partial charge in [0.25, 0.3) is 15.9 Å². The van der Waals surface area contributed by atoms with Crippen molar-refractivity contribution in [2.24, 2.45) is 0 Å². The van der Waals surface area contributed by atoms with Gasteiger partial charge in [-0.3, -0.25) is 4.79 Å². The summed E-state index contributed by atoms with van der Waals surface area (Å²) >= 11 is 0. The molecular weight excluding hydrogens is 288 g/mol. The predicted octanol–water partition coefficient (Wildman–Crippen LogP) is 2.24. The summed E-state index contributed by atoms with van der Waals surface area (Å²) in [6.07, 6.45) is 0. The third-order valence-corrected chi connectivity index (χ3v) is 4.13. The first kappa shape index (κ1) is 15.1. The van der Waals surface area contributed by atoms with Crippen LogP contribution in [0.1, 0.15) is 17.3 Å². The Morgan fingerprint density at radius 1 is 1.05 bits per heavy atom. The number of nitrogens with one attached hydrogen (secondary N) is 2. The Hall–Kier alpha value is -2.34. The monoisotopic (exact) mass is 304 g/mol. The summed E-state index contributed by atoms with van der Waals surface area (Å²) in [5.41, 5.74) is 1.05. The summed E-state index contributed by atoms with van der Waals surface area (Å²) in [4.78, 5) is 12.1. The summed E-state index contributed by atoms with van der Waals surface area (Å²) in [7, 11) is -3.85. The van der Waals surface area contributed by atoms with Gasteiger partial charge < -0.3 is 5.32 Å². The van der Waals surface area contributed by atoms with Crippen LogP contribution >= 0.6 is 0 Å². The van der Waals surface area contributed by atoms with E-state index in [1.165, 1.54) is 12.1 Å². The molecular formula is C15H16N2O3S. The normalized spacial score (nSPS) is 10.9. The minimum Gasteiger partial charge on any atom is -0.385 e. The van der Waals surface area contributed by atoms with E-state index in [9.17, 15) is 13.2 Å². The number of rotatable bonds is 5. The van der Waals surface area contributed by atoms with Crippen LogP contribution in [0.4, 0.5) is 5.69 Å². The zero-order valence-electron chi connectivity index (χ0n) is 11.5. The number of carbonyl (C=O) groups is 1. The molecule has 0 saturated heterocycles. The molecule has 0 radical (unpaired) electrons. The topological polar surface area (TPSA) is 75.3 Å². The highest BCUT2D eigenvalue weighted by molar-refractivity contribution is 7.90. The first-order valence-electron chi connectivity index (χ1n) is 6.49. The minimum absolute atomic E-state index is 0.0567. The van der Waals surface area contributed by atoms with Gasteiger partial charge in [0.2, 0.25) is 0 Å². The molecule has 6 heteroatoms. The fourth-order valence-corrected chi connectivity index (χ4v) is 2.81. The molecule has 0 aromatic heterocycles. The van der Waals surface area contributed by atoms with Gasteiger partial charge in [-0.2, -0.15) is 0 Å². The second-order valence-electron chi connectivity index (χ2n) is 4.36. The molecule has 0 fully saturated rings. The number of carbonyl (C=O) groups excluding carboxylic acids is 1. The van der Waals surface area contributed by atoms with E-state index in [1.807, 2.05) is 13.0 Å². The summed E-state index contributed by atoms with van der Waals surface area (Å²) in [5, 5.41) is 3.07. The molecule has 1 amide bonds. The maximum Gasteiger partial charge on any atom is 0.265 e. The van der Waals surface area contributed by atoms with Crippen LogP contribution in [0.25, 0.3) is 0 Å². The van der Waals surface area contributed by atoms with E-state index in [4.69, 9.17) is 0 Å². The molecule has 2 rings (SSSR count). The van der Waals surface area contributed by atoms with Crippen LogP contribution in [0, 0.1) is 0 Å². The van der Waals surface area contributed by atoms with Gasteiger partial charge in [0.1, 0.15) is 0 Å². The Morgan fingerprint density at radius 2 is 1.76 bits per heavy atom. The summed E-state index contributed by atoms with van der Waals surface area (Å²) in [6.45, 7) is 2.65. The molecule has 0 saturated carbocycles. The van der Waals surface area contributed by atoms with Gasteiger partial charge in [0.15, 0.2) is 0 Å². The van der Waals surface area contributed by atoms with Crippen LogP contribution in [0.3, 0.4) is 0 Å². The lowest BCUT2D eigenvalue weighted by Crippen LogP contribution is -2.30. The average molecular weight is 304 g/mol. The van der Waals surface area contributed by atoms with Crippen molar-refractivity contribution in [2.75, 3.05) is 11.9 Å². The lowest BCUT2D eigenvalue weighted by molar-refractivity contribution is 0.0981. The van der Waals surface area contributed by atoms with Crippen molar-refractivity contribution in [1.82, 2.24) is 4.72 Å². The maximum atomic E-state index is 12.1. The van der Waals surface area contributed by atoms with E-state index < -0.39 is 15.9 Å². The Labute approximate surface area is 124 Å². The first-order chi connectivity index (χ1) is 10.0. The molecule has 0 heterocycles. The van der Waals surface area contributed by atoms with Crippen LogP contribution in [0.15, 0.2) is 59.5 Å². The van der Waals surface area contributed by atoms with Crippen molar-refractivity contribution in [1.29, 1.82) is 0 Å². The second-order valence-corrected chi connectivity index (χ2v) is 6.04.